The summed E-state index contributed by atoms with van der Waals surface area (Å²) in [6.45, 7) is 9.48. The normalized spacial score (nSPS) is 14.2. The second-order valence-corrected chi connectivity index (χ2v) is 9.94. The Kier molecular flexibility index (Phi) is 9.79. The van der Waals surface area contributed by atoms with Crippen molar-refractivity contribution in [3.8, 4) is 0 Å². The molecule has 1 unspecified atom stereocenters. The van der Waals surface area contributed by atoms with Crippen LogP contribution in [0.5, 0.6) is 0 Å². The highest BCUT2D eigenvalue weighted by atomic mass is 32.2. The standard InChI is InChI=1S/C21H37N5O2S/c1-7-17(8-2)20(12-15-26(5)25-24-21(3,4)13-14-22)23-18-10-9-11-19(16-18)29(6,27)28/h7,9-11,16,20,23H,8,12-15,22H2,1-6H3/b17-7+,25-24?. The molecule has 7 nitrogen and oxygen atoms in total. The van der Waals surface area contributed by atoms with Crippen molar-refractivity contribution >= 4 is 15.5 Å². The third-order valence-corrected chi connectivity index (χ3v) is 5.91. The molecule has 1 rings (SSSR count). The zero-order valence-corrected chi connectivity index (χ0v) is 19.5. The predicted octanol–water partition coefficient (Wildman–Crippen LogP) is 4.04. The summed E-state index contributed by atoms with van der Waals surface area (Å²) in [6, 6.07) is 7.03. The maximum Gasteiger partial charge on any atom is 0.175 e. The maximum atomic E-state index is 11.9. The van der Waals surface area contributed by atoms with Crippen LogP contribution in [0.15, 0.2) is 51.1 Å². The van der Waals surface area contributed by atoms with Crippen LogP contribution in [0.2, 0.25) is 0 Å². The Morgan fingerprint density at radius 3 is 2.62 bits per heavy atom. The number of benzene rings is 1. The number of hydrogen-bond acceptors (Lipinski definition) is 6. The lowest BCUT2D eigenvalue weighted by atomic mass is 10.0. The third-order valence-electron chi connectivity index (χ3n) is 4.80. The van der Waals surface area contributed by atoms with Gasteiger partial charge in [-0.05, 0) is 64.8 Å². The molecule has 1 aromatic rings. The molecule has 164 valence electrons. The summed E-state index contributed by atoms with van der Waals surface area (Å²) >= 11 is 0. The lowest BCUT2D eigenvalue weighted by Gasteiger charge is -2.25. The van der Waals surface area contributed by atoms with Crippen LogP contribution in [0.4, 0.5) is 5.69 Å². The number of rotatable bonds is 12. The van der Waals surface area contributed by atoms with Crippen molar-refractivity contribution in [3.63, 3.8) is 0 Å². The van der Waals surface area contributed by atoms with Gasteiger partial charge in [-0.15, -0.1) is 0 Å². The van der Waals surface area contributed by atoms with Crippen molar-refractivity contribution in [1.29, 1.82) is 0 Å². The number of nitrogens with zero attached hydrogens (tertiary/aromatic N) is 3. The van der Waals surface area contributed by atoms with Gasteiger partial charge in [0.1, 0.15) is 0 Å². The summed E-state index contributed by atoms with van der Waals surface area (Å²) in [7, 11) is -1.34. The Hall–Kier alpha value is -1.93. The topological polar surface area (TPSA) is 100 Å². The van der Waals surface area contributed by atoms with Gasteiger partial charge < -0.3 is 11.1 Å². The van der Waals surface area contributed by atoms with E-state index in [1.54, 1.807) is 18.2 Å². The zero-order chi connectivity index (χ0) is 22.1. The molecule has 0 aliphatic heterocycles. The highest BCUT2D eigenvalue weighted by Crippen LogP contribution is 2.21. The molecule has 0 heterocycles. The molecule has 0 amide bonds. The predicted molar refractivity (Wildman–Crippen MR) is 121 cm³/mol. The Morgan fingerprint density at radius 1 is 1.38 bits per heavy atom. The van der Waals surface area contributed by atoms with Crippen molar-refractivity contribution in [2.75, 3.05) is 31.7 Å². The highest BCUT2D eigenvalue weighted by Gasteiger charge is 2.17. The smallest absolute Gasteiger partial charge is 0.175 e. The molecule has 0 aliphatic carbocycles. The van der Waals surface area contributed by atoms with E-state index in [0.717, 1.165) is 24.9 Å². The van der Waals surface area contributed by atoms with Gasteiger partial charge in [0.05, 0.1) is 10.4 Å². The molecule has 0 bridgehead atoms. The first-order chi connectivity index (χ1) is 13.5. The van der Waals surface area contributed by atoms with Crippen molar-refractivity contribution < 1.29 is 8.42 Å². The Labute approximate surface area is 176 Å². The van der Waals surface area contributed by atoms with Crippen LogP contribution in [0.1, 0.15) is 47.0 Å². The molecule has 0 fully saturated rings. The largest absolute Gasteiger partial charge is 0.378 e. The fourth-order valence-electron chi connectivity index (χ4n) is 2.98. The summed E-state index contributed by atoms with van der Waals surface area (Å²) in [6.07, 6.45) is 5.84. The van der Waals surface area contributed by atoms with E-state index in [1.807, 2.05) is 38.9 Å². The molecule has 0 saturated carbocycles. The number of sulfone groups is 1. The molecule has 0 spiro atoms. The number of nitrogens with two attached hydrogens (primary N) is 1. The Bertz CT molecular complexity index is 803. The van der Waals surface area contributed by atoms with E-state index in [4.69, 9.17) is 5.73 Å². The maximum absolute atomic E-state index is 11.9. The lowest BCUT2D eigenvalue weighted by molar-refractivity contribution is 0.292. The van der Waals surface area contributed by atoms with Gasteiger partial charge in [-0.2, -0.15) is 5.11 Å². The second kappa shape index (κ2) is 11.3. The van der Waals surface area contributed by atoms with Gasteiger partial charge in [0.15, 0.2) is 9.84 Å². The number of allylic oxidation sites excluding steroid dienone is 1. The first-order valence-electron chi connectivity index (χ1n) is 10.1. The van der Waals surface area contributed by atoms with Crippen LogP contribution < -0.4 is 11.1 Å². The minimum absolute atomic E-state index is 0.0783. The molecule has 0 radical (unpaired) electrons. The van der Waals surface area contributed by atoms with Crippen molar-refractivity contribution in [2.45, 2.75) is 63.4 Å². The number of hydrogen-bond donors (Lipinski definition) is 2. The number of nitrogens with one attached hydrogen (secondary N) is 1. The van der Waals surface area contributed by atoms with E-state index in [2.05, 4.69) is 28.7 Å². The van der Waals surface area contributed by atoms with Crippen LogP contribution in [0.25, 0.3) is 0 Å². The second-order valence-electron chi connectivity index (χ2n) is 7.92. The van der Waals surface area contributed by atoms with Crippen LogP contribution in [-0.4, -0.2) is 51.4 Å². The van der Waals surface area contributed by atoms with Crippen molar-refractivity contribution in [3.05, 3.63) is 35.9 Å². The van der Waals surface area contributed by atoms with Crippen LogP contribution in [-0.2, 0) is 9.84 Å². The van der Waals surface area contributed by atoms with Gasteiger partial charge in [0.2, 0.25) is 0 Å². The first-order valence-corrected chi connectivity index (χ1v) is 12.0. The summed E-state index contributed by atoms with van der Waals surface area (Å²) in [4.78, 5) is 0.313. The van der Waals surface area contributed by atoms with Crippen molar-refractivity contribution in [1.82, 2.24) is 5.01 Å². The fraction of sp³-hybridized carbons (Fsp3) is 0.619. The Morgan fingerprint density at radius 2 is 2.07 bits per heavy atom. The van der Waals surface area contributed by atoms with Gasteiger partial charge >= 0.3 is 0 Å². The van der Waals surface area contributed by atoms with Crippen molar-refractivity contribution in [2.24, 2.45) is 16.1 Å². The summed E-state index contributed by atoms with van der Waals surface area (Å²) < 4.78 is 23.7. The SMILES string of the molecule is C/C=C(\CC)C(CCN(C)N=NC(C)(C)CCN)Nc1cccc(S(C)(=O)=O)c1. The average Bonchev–Trinajstić information content (AvgIpc) is 2.65. The quantitative estimate of drug-likeness (QED) is 0.300. The monoisotopic (exact) mass is 423 g/mol. The minimum atomic E-state index is -3.24. The molecule has 0 aliphatic rings. The van der Waals surface area contributed by atoms with E-state index in [0.29, 0.717) is 18.0 Å². The summed E-state index contributed by atoms with van der Waals surface area (Å²) in [5.74, 6) is 0. The third kappa shape index (κ3) is 8.95. The van der Waals surface area contributed by atoms with E-state index >= 15 is 0 Å². The van der Waals surface area contributed by atoms with E-state index in [1.165, 1.54) is 11.8 Å². The molecule has 8 heteroatoms. The summed E-state index contributed by atoms with van der Waals surface area (Å²) in [5, 5.41) is 14.1. The molecular formula is C21H37N5O2S. The molecule has 0 aromatic heterocycles. The first kappa shape index (κ1) is 25.1. The van der Waals surface area contributed by atoms with E-state index in [-0.39, 0.29) is 11.6 Å². The minimum Gasteiger partial charge on any atom is -0.378 e. The Balaban J connectivity index is 2.89. The van der Waals surface area contributed by atoms with Gasteiger partial charge in [0.25, 0.3) is 0 Å². The highest BCUT2D eigenvalue weighted by molar-refractivity contribution is 7.90. The van der Waals surface area contributed by atoms with Crippen LogP contribution in [0.3, 0.4) is 0 Å². The van der Waals surface area contributed by atoms with Gasteiger partial charge in [0, 0.05) is 31.6 Å². The molecule has 3 N–H and O–H groups in total. The fourth-order valence-corrected chi connectivity index (χ4v) is 3.65. The molecule has 0 saturated heterocycles. The molecule has 29 heavy (non-hydrogen) atoms. The van der Waals surface area contributed by atoms with Crippen LogP contribution >= 0.6 is 0 Å². The van der Waals surface area contributed by atoms with Gasteiger partial charge in [-0.1, -0.05) is 29.9 Å². The molecular weight excluding hydrogens is 386 g/mol. The van der Waals surface area contributed by atoms with Crippen LogP contribution in [0, 0.1) is 0 Å². The molecule has 1 aromatic carbocycles. The van der Waals surface area contributed by atoms with E-state index in [9.17, 15) is 8.42 Å². The zero-order valence-electron chi connectivity index (χ0n) is 18.6. The van der Waals surface area contributed by atoms with E-state index < -0.39 is 9.84 Å². The molecule has 1 atom stereocenters. The summed E-state index contributed by atoms with van der Waals surface area (Å²) in [5.41, 5.74) is 7.41. The lowest BCUT2D eigenvalue weighted by Crippen LogP contribution is -2.28. The van der Waals surface area contributed by atoms with Gasteiger partial charge in [-0.25, -0.2) is 8.42 Å². The van der Waals surface area contributed by atoms with Gasteiger partial charge in [-0.3, -0.25) is 5.01 Å². The average molecular weight is 424 g/mol. The number of anilines is 1.